The van der Waals surface area contributed by atoms with Gasteiger partial charge in [-0.15, -0.1) is 0 Å². The number of nitrogens with two attached hydrogens (primary N) is 1. The molecule has 0 aliphatic carbocycles. The molecule has 2 aromatic rings. The molecule has 0 aliphatic heterocycles. The van der Waals surface area contributed by atoms with Crippen LogP contribution in [-0.4, -0.2) is 11.7 Å². The van der Waals surface area contributed by atoms with Gasteiger partial charge in [0.2, 0.25) is 0 Å². The summed E-state index contributed by atoms with van der Waals surface area (Å²) in [5.74, 6) is -0.375. The highest BCUT2D eigenvalue weighted by molar-refractivity contribution is 6.34. The van der Waals surface area contributed by atoms with Crippen LogP contribution in [0.5, 0.6) is 0 Å². The fourth-order valence-corrected chi connectivity index (χ4v) is 1.91. The Bertz CT molecular complexity index is 666. The summed E-state index contributed by atoms with van der Waals surface area (Å²) in [5, 5.41) is 3.03. The van der Waals surface area contributed by atoms with E-state index in [4.69, 9.17) is 17.3 Å². The molecule has 102 valence electrons. The Morgan fingerprint density at radius 1 is 1.10 bits per heavy atom. The van der Waals surface area contributed by atoms with E-state index >= 15 is 0 Å². The molecule has 5 heteroatoms. The van der Waals surface area contributed by atoms with Gasteiger partial charge in [0.1, 0.15) is 0 Å². The summed E-state index contributed by atoms with van der Waals surface area (Å²) in [6.07, 6.45) is 0. The number of hydrogen-bond acceptors (Lipinski definition) is 3. The maximum Gasteiger partial charge on any atom is 0.257 e. The van der Waals surface area contributed by atoms with Crippen LogP contribution in [0.2, 0.25) is 5.02 Å². The van der Waals surface area contributed by atoms with Crippen LogP contribution in [0.25, 0.3) is 0 Å². The number of hydrogen-bond donors (Lipinski definition) is 2. The van der Waals surface area contributed by atoms with E-state index in [0.29, 0.717) is 27.5 Å². The summed E-state index contributed by atoms with van der Waals surface area (Å²) >= 11 is 5.96. The third kappa shape index (κ3) is 3.16. The summed E-state index contributed by atoms with van der Waals surface area (Å²) in [6.45, 7) is 1.49. The molecular weight excluding hydrogens is 276 g/mol. The minimum atomic E-state index is -0.349. The lowest BCUT2D eigenvalue weighted by atomic mass is 10.1. The van der Waals surface area contributed by atoms with Crippen LogP contribution >= 0.6 is 11.6 Å². The lowest BCUT2D eigenvalue weighted by Gasteiger charge is -2.08. The molecule has 0 spiro atoms. The van der Waals surface area contributed by atoms with Crippen molar-refractivity contribution in [3.05, 3.63) is 58.6 Å². The van der Waals surface area contributed by atoms with Crippen LogP contribution in [0.15, 0.2) is 42.5 Å². The van der Waals surface area contributed by atoms with E-state index in [0.717, 1.165) is 0 Å². The molecule has 0 atom stereocenters. The van der Waals surface area contributed by atoms with Gasteiger partial charge in [-0.3, -0.25) is 9.59 Å². The molecule has 0 fully saturated rings. The number of nitrogens with one attached hydrogen (secondary N) is 1. The second kappa shape index (κ2) is 5.75. The SMILES string of the molecule is CC(=O)c1ccc(NC(=O)c2cc(N)ccc2Cl)cc1. The van der Waals surface area contributed by atoms with E-state index in [1.807, 2.05) is 0 Å². The Labute approximate surface area is 121 Å². The van der Waals surface area contributed by atoms with Crippen molar-refractivity contribution in [2.75, 3.05) is 11.1 Å². The van der Waals surface area contributed by atoms with Crippen LogP contribution in [0.1, 0.15) is 27.6 Å². The number of nitrogen functional groups attached to an aromatic ring is 1. The molecule has 0 heterocycles. The minimum Gasteiger partial charge on any atom is -0.399 e. The number of Topliss-reactive ketones (excluding diaryl/α,β-unsaturated/α-hetero) is 1. The molecule has 2 aromatic carbocycles. The number of benzene rings is 2. The van der Waals surface area contributed by atoms with Gasteiger partial charge in [0.25, 0.3) is 5.91 Å². The quantitative estimate of drug-likeness (QED) is 0.672. The smallest absolute Gasteiger partial charge is 0.257 e. The van der Waals surface area contributed by atoms with Crippen molar-refractivity contribution in [1.82, 2.24) is 0 Å². The molecule has 3 N–H and O–H groups in total. The standard InChI is InChI=1S/C15H13ClN2O2/c1-9(19)10-2-5-12(6-3-10)18-15(20)13-8-11(17)4-7-14(13)16/h2-8H,17H2,1H3,(H,18,20). The van der Waals surface area contributed by atoms with Crippen LogP contribution in [0.4, 0.5) is 11.4 Å². The summed E-state index contributed by atoms with van der Waals surface area (Å²) in [6, 6.07) is 11.3. The first kappa shape index (κ1) is 14.1. The van der Waals surface area contributed by atoms with E-state index in [-0.39, 0.29) is 11.7 Å². The van der Waals surface area contributed by atoms with Crippen molar-refractivity contribution in [3.8, 4) is 0 Å². The molecule has 0 aliphatic rings. The monoisotopic (exact) mass is 288 g/mol. The predicted octanol–water partition coefficient (Wildman–Crippen LogP) is 3.38. The van der Waals surface area contributed by atoms with Gasteiger partial charge in [-0.05, 0) is 49.4 Å². The number of ketones is 1. The number of halogens is 1. The van der Waals surface area contributed by atoms with Gasteiger partial charge in [-0.2, -0.15) is 0 Å². The average Bonchev–Trinajstić information content (AvgIpc) is 2.42. The van der Waals surface area contributed by atoms with Gasteiger partial charge >= 0.3 is 0 Å². The van der Waals surface area contributed by atoms with Crippen molar-refractivity contribution in [3.63, 3.8) is 0 Å². The molecule has 2 rings (SSSR count). The molecule has 0 radical (unpaired) electrons. The molecule has 4 nitrogen and oxygen atoms in total. The zero-order chi connectivity index (χ0) is 14.7. The Morgan fingerprint density at radius 3 is 2.35 bits per heavy atom. The highest BCUT2D eigenvalue weighted by Gasteiger charge is 2.11. The third-order valence-electron chi connectivity index (χ3n) is 2.78. The largest absolute Gasteiger partial charge is 0.399 e. The van der Waals surface area contributed by atoms with E-state index in [9.17, 15) is 9.59 Å². The fourth-order valence-electron chi connectivity index (χ4n) is 1.70. The first-order valence-corrected chi connectivity index (χ1v) is 6.32. The summed E-state index contributed by atoms with van der Waals surface area (Å²) in [5.41, 5.74) is 7.58. The van der Waals surface area contributed by atoms with Gasteiger partial charge in [-0.25, -0.2) is 0 Å². The van der Waals surface area contributed by atoms with Gasteiger partial charge < -0.3 is 11.1 Å². The number of anilines is 2. The van der Waals surface area contributed by atoms with Crippen LogP contribution in [-0.2, 0) is 0 Å². The van der Waals surface area contributed by atoms with E-state index in [1.165, 1.54) is 13.0 Å². The molecule has 0 saturated carbocycles. The number of carbonyl (C=O) groups is 2. The molecule has 0 aromatic heterocycles. The summed E-state index contributed by atoms with van der Waals surface area (Å²) < 4.78 is 0. The maximum atomic E-state index is 12.1. The Balaban J connectivity index is 2.19. The molecule has 20 heavy (non-hydrogen) atoms. The van der Waals surface area contributed by atoms with E-state index in [1.54, 1.807) is 36.4 Å². The maximum absolute atomic E-state index is 12.1. The molecule has 0 bridgehead atoms. The highest BCUT2D eigenvalue weighted by Crippen LogP contribution is 2.20. The Morgan fingerprint density at radius 2 is 1.75 bits per heavy atom. The van der Waals surface area contributed by atoms with Crippen molar-refractivity contribution < 1.29 is 9.59 Å². The number of amides is 1. The number of carbonyl (C=O) groups excluding carboxylic acids is 2. The first-order valence-electron chi connectivity index (χ1n) is 5.95. The summed E-state index contributed by atoms with van der Waals surface area (Å²) in [4.78, 5) is 23.3. The van der Waals surface area contributed by atoms with E-state index < -0.39 is 0 Å². The first-order chi connectivity index (χ1) is 9.47. The minimum absolute atomic E-state index is 0.0262. The molecule has 1 amide bonds. The highest BCUT2D eigenvalue weighted by atomic mass is 35.5. The van der Waals surface area contributed by atoms with Crippen LogP contribution in [0, 0.1) is 0 Å². The van der Waals surface area contributed by atoms with Crippen molar-refractivity contribution >= 4 is 34.7 Å². The lowest BCUT2D eigenvalue weighted by Crippen LogP contribution is -2.13. The van der Waals surface area contributed by atoms with Gasteiger partial charge in [0, 0.05) is 16.9 Å². The average molecular weight is 289 g/mol. The lowest BCUT2D eigenvalue weighted by molar-refractivity contribution is 0.101. The zero-order valence-corrected chi connectivity index (χ0v) is 11.6. The van der Waals surface area contributed by atoms with Crippen molar-refractivity contribution in [2.45, 2.75) is 6.92 Å². The van der Waals surface area contributed by atoms with Crippen molar-refractivity contribution in [2.24, 2.45) is 0 Å². The molecule has 0 unspecified atom stereocenters. The number of rotatable bonds is 3. The second-order valence-electron chi connectivity index (χ2n) is 4.33. The second-order valence-corrected chi connectivity index (χ2v) is 4.73. The van der Waals surface area contributed by atoms with Gasteiger partial charge in [0.15, 0.2) is 5.78 Å². The Kier molecular flexibility index (Phi) is 4.05. The Hall–Kier alpha value is -2.33. The molecule has 0 saturated heterocycles. The van der Waals surface area contributed by atoms with E-state index in [2.05, 4.69) is 5.32 Å². The normalized spacial score (nSPS) is 10.1. The predicted molar refractivity (Wildman–Crippen MR) is 80.3 cm³/mol. The summed E-state index contributed by atoms with van der Waals surface area (Å²) in [7, 11) is 0. The molecular formula is C15H13ClN2O2. The third-order valence-corrected chi connectivity index (χ3v) is 3.11. The topological polar surface area (TPSA) is 72.2 Å². The van der Waals surface area contributed by atoms with Gasteiger partial charge in [0.05, 0.1) is 10.6 Å². The van der Waals surface area contributed by atoms with Gasteiger partial charge in [-0.1, -0.05) is 11.6 Å². The van der Waals surface area contributed by atoms with Crippen LogP contribution in [0.3, 0.4) is 0 Å². The fraction of sp³-hybridized carbons (Fsp3) is 0.0667. The van der Waals surface area contributed by atoms with Crippen molar-refractivity contribution in [1.29, 1.82) is 0 Å². The zero-order valence-electron chi connectivity index (χ0n) is 10.8. The van der Waals surface area contributed by atoms with Crippen LogP contribution < -0.4 is 11.1 Å².